The average molecular weight is 573 g/mol. The number of amides is 1. The molecule has 3 N–H and O–H groups in total. The van der Waals surface area contributed by atoms with Crippen LogP contribution >= 0.6 is 11.6 Å². The van der Waals surface area contributed by atoms with E-state index in [-0.39, 0.29) is 56.4 Å². The molecule has 4 aromatic rings. The summed E-state index contributed by atoms with van der Waals surface area (Å²) in [7, 11) is 1.41. The Morgan fingerprint density at radius 2 is 1.85 bits per heavy atom. The molecule has 16 heteroatoms. The van der Waals surface area contributed by atoms with Crippen LogP contribution in [0.5, 0.6) is 0 Å². The maximum atomic E-state index is 13.6. The van der Waals surface area contributed by atoms with E-state index in [1.165, 1.54) is 32.2 Å². The van der Waals surface area contributed by atoms with Gasteiger partial charge in [0.25, 0.3) is 5.95 Å². The molecule has 3 aromatic heterocycles. The van der Waals surface area contributed by atoms with Gasteiger partial charge in [-0.2, -0.15) is 36.7 Å². The van der Waals surface area contributed by atoms with E-state index in [4.69, 9.17) is 21.8 Å². The van der Waals surface area contributed by atoms with E-state index >= 15 is 0 Å². The highest BCUT2D eigenvalue weighted by atomic mass is 35.5. The Balaban J connectivity index is 1.84. The molecule has 0 aliphatic carbocycles. The van der Waals surface area contributed by atoms with Crippen molar-refractivity contribution in [3.63, 3.8) is 0 Å². The number of benzene rings is 1. The van der Waals surface area contributed by atoms with Crippen LogP contribution < -0.4 is 11.1 Å². The number of rotatable bonds is 7. The lowest BCUT2D eigenvalue weighted by Gasteiger charge is -2.26. The second-order valence-electron chi connectivity index (χ2n) is 8.92. The largest absolute Gasteiger partial charge is 0.453 e. The van der Waals surface area contributed by atoms with E-state index in [1.807, 2.05) is 0 Å². The predicted octanol–water partition coefficient (Wildman–Crippen LogP) is 4.23. The molecular formula is C23H22ClF5N8O2. The molecule has 1 aromatic carbocycles. The molecule has 0 saturated heterocycles. The second-order valence-corrected chi connectivity index (χ2v) is 9.36. The fourth-order valence-electron chi connectivity index (χ4n) is 4.27. The molecule has 0 saturated carbocycles. The Morgan fingerprint density at radius 1 is 1.15 bits per heavy atom. The maximum absolute atomic E-state index is 13.6. The number of aryl methyl sites for hydroxylation is 3. The number of aromatic nitrogens is 6. The molecule has 0 aliphatic heterocycles. The minimum absolute atomic E-state index is 0.0578. The van der Waals surface area contributed by atoms with Gasteiger partial charge in [-0.25, -0.2) is 4.98 Å². The minimum atomic E-state index is -5.71. The van der Waals surface area contributed by atoms with Crippen molar-refractivity contribution in [1.82, 2.24) is 35.3 Å². The summed E-state index contributed by atoms with van der Waals surface area (Å²) in [6, 6.07) is 4.38. The van der Waals surface area contributed by atoms with Crippen LogP contribution in [0.3, 0.4) is 0 Å². The van der Waals surface area contributed by atoms with Crippen LogP contribution in [-0.2, 0) is 16.6 Å². The number of nitrogens with one attached hydrogen (secondary N) is 1. The van der Waals surface area contributed by atoms with Crippen molar-refractivity contribution in [2.75, 3.05) is 12.8 Å². The third-order valence-corrected chi connectivity index (χ3v) is 6.47. The molecule has 10 nitrogen and oxygen atoms in total. The van der Waals surface area contributed by atoms with Crippen molar-refractivity contribution < 1.29 is 31.2 Å². The lowest BCUT2D eigenvalue weighted by molar-refractivity contribution is -0.284. The summed E-state index contributed by atoms with van der Waals surface area (Å²) in [6.45, 7) is 4.60. The zero-order chi connectivity index (χ0) is 28.9. The first-order valence-corrected chi connectivity index (χ1v) is 11.8. The van der Waals surface area contributed by atoms with Crippen molar-refractivity contribution in [2.24, 2.45) is 0 Å². The van der Waals surface area contributed by atoms with Gasteiger partial charge < -0.3 is 15.5 Å². The van der Waals surface area contributed by atoms with Crippen molar-refractivity contribution in [2.45, 2.75) is 51.1 Å². The number of fused-ring (bicyclic) bond motifs is 1. The number of nitrogens with two attached hydrogens (primary N) is 1. The number of hydrogen-bond donors (Lipinski definition) is 2. The molecule has 1 unspecified atom stereocenters. The fourth-order valence-corrected chi connectivity index (χ4v) is 4.44. The molecule has 4 rings (SSSR count). The Hall–Kier alpha value is -3.88. The topological polar surface area (TPSA) is 138 Å². The quantitative estimate of drug-likeness (QED) is 0.314. The van der Waals surface area contributed by atoms with Gasteiger partial charge in [0.15, 0.2) is 5.41 Å². The Morgan fingerprint density at radius 3 is 2.41 bits per heavy atom. The fraction of sp³-hybridized carbons (Fsp3) is 0.391. The van der Waals surface area contributed by atoms with Crippen molar-refractivity contribution in [3.05, 3.63) is 52.0 Å². The average Bonchev–Trinajstić information content (AvgIpc) is 3.44. The first-order valence-electron chi connectivity index (χ1n) is 11.4. The van der Waals surface area contributed by atoms with Gasteiger partial charge in [0, 0.05) is 42.1 Å². The van der Waals surface area contributed by atoms with Crippen molar-refractivity contribution in [1.29, 1.82) is 0 Å². The third-order valence-electron chi connectivity index (χ3n) is 6.24. The van der Waals surface area contributed by atoms with Gasteiger partial charge >= 0.3 is 12.1 Å². The summed E-state index contributed by atoms with van der Waals surface area (Å²) in [5.74, 6) is -5.57. The first-order chi connectivity index (χ1) is 18.1. The number of carbonyl (C=O) groups excluding carboxylic acids is 1. The number of halogens is 6. The van der Waals surface area contributed by atoms with E-state index in [1.54, 1.807) is 13.8 Å². The highest BCUT2D eigenvalue weighted by molar-refractivity contribution is 6.31. The molecule has 0 radical (unpaired) electrons. The van der Waals surface area contributed by atoms with Crippen LogP contribution in [0, 0.1) is 13.8 Å². The molecule has 39 heavy (non-hydrogen) atoms. The van der Waals surface area contributed by atoms with Crippen LogP contribution in [0.25, 0.3) is 16.9 Å². The van der Waals surface area contributed by atoms with E-state index in [2.05, 4.69) is 30.6 Å². The molecule has 208 valence electrons. The minimum Gasteiger partial charge on any atom is -0.424 e. The van der Waals surface area contributed by atoms with Gasteiger partial charge in [0.05, 0.1) is 11.2 Å². The number of nitrogen functional groups attached to an aromatic ring is 1. The Labute approximate surface area is 222 Å². The molecule has 0 bridgehead atoms. The molecule has 0 aliphatic rings. The number of anilines is 1. The van der Waals surface area contributed by atoms with Gasteiger partial charge in [-0.3, -0.25) is 4.79 Å². The number of alkyl halides is 5. The molecule has 3 heterocycles. The van der Waals surface area contributed by atoms with Crippen LogP contribution in [0.1, 0.15) is 42.1 Å². The number of carbonyl (C=O) groups is 1. The number of likely N-dealkylation sites (N-methyl/N-ethyl adjacent to an activating group) is 1. The van der Waals surface area contributed by atoms with Crippen LogP contribution in [0.4, 0.5) is 27.8 Å². The zero-order valence-electron chi connectivity index (χ0n) is 21.0. The molecule has 1 atom stereocenters. The second kappa shape index (κ2) is 9.70. The summed E-state index contributed by atoms with van der Waals surface area (Å²) in [5.41, 5.74) is 5.33. The van der Waals surface area contributed by atoms with E-state index < -0.39 is 36.3 Å². The summed E-state index contributed by atoms with van der Waals surface area (Å²) >= 11 is 6.06. The number of hydrogen-bond acceptors (Lipinski definition) is 8. The predicted molar refractivity (Wildman–Crippen MR) is 130 cm³/mol. The lowest BCUT2D eigenvalue weighted by Crippen LogP contribution is -2.43. The van der Waals surface area contributed by atoms with E-state index in [0.717, 1.165) is 4.68 Å². The smallest absolute Gasteiger partial charge is 0.424 e. The Kier molecular flexibility index (Phi) is 7.00. The van der Waals surface area contributed by atoms with Gasteiger partial charge in [0.2, 0.25) is 17.7 Å². The zero-order valence-corrected chi connectivity index (χ0v) is 21.7. The lowest BCUT2D eigenvalue weighted by atomic mass is 9.80. The first kappa shape index (κ1) is 28.1. The van der Waals surface area contributed by atoms with Crippen LogP contribution in [0.15, 0.2) is 22.6 Å². The number of nitrogens with zero attached hydrogens (tertiary/aromatic N) is 6. The van der Waals surface area contributed by atoms with Gasteiger partial charge in [0.1, 0.15) is 5.82 Å². The summed E-state index contributed by atoms with van der Waals surface area (Å²) in [4.78, 5) is 21.7. The maximum Gasteiger partial charge on any atom is 0.453 e. The molecule has 1 amide bonds. The van der Waals surface area contributed by atoms with Crippen LogP contribution in [0.2, 0.25) is 5.02 Å². The summed E-state index contributed by atoms with van der Waals surface area (Å²) in [5, 5.41) is 15.0. The van der Waals surface area contributed by atoms with E-state index in [9.17, 15) is 26.7 Å². The molecule has 0 fully saturated rings. The Bertz CT molecular complexity index is 1540. The summed E-state index contributed by atoms with van der Waals surface area (Å²) < 4.78 is 72.2. The van der Waals surface area contributed by atoms with Gasteiger partial charge in [-0.1, -0.05) is 11.6 Å². The van der Waals surface area contributed by atoms with Gasteiger partial charge in [-0.05, 0) is 38.5 Å². The van der Waals surface area contributed by atoms with Crippen LogP contribution in [-0.4, -0.2) is 55.0 Å². The third kappa shape index (κ3) is 4.86. The standard InChI is InChI=1S/C23H22ClF5N8O2/c1-10-16(21(3,18(38)31-4)19-35-34-11(2)39-19)17(30)33-20(32-10)37-15-6-5-12(24)9-13(15)14(36-37)7-8-22(25,26)23(27,28)29/h5-6,9H,7-8H2,1-4H3,(H,31,38)(H2,30,32,33). The normalized spacial score (nSPS) is 14.0. The van der Waals surface area contributed by atoms with Crippen molar-refractivity contribution in [3.8, 4) is 5.95 Å². The van der Waals surface area contributed by atoms with Gasteiger partial charge in [-0.15, -0.1) is 10.2 Å². The summed E-state index contributed by atoms with van der Waals surface area (Å²) in [6.07, 6.45) is -7.94. The highest BCUT2D eigenvalue weighted by Crippen LogP contribution is 2.40. The molecular weight excluding hydrogens is 551 g/mol. The van der Waals surface area contributed by atoms with Crippen molar-refractivity contribution >= 4 is 34.2 Å². The molecule has 0 spiro atoms. The SMILES string of the molecule is CNC(=O)C(C)(c1nnc(C)o1)c1c(C)nc(-n2nc(CCC(F)(F)C(F)(F)F)c3cc(Cl)ccc32)nc1N. The van der Waals surface area contributed by atoms with E-state index in [0.29, 0.717) is 0 Å². The highest BCUT2D eigenvalue weighted by Gasteiger charge is 2.56. The monoisotopic (exact) mass is 572 g/mol.